The molecule has 2 rings (SSSR count). The summed E-state index contributed by atoms with van der Waals surface area (Å²) in [5, 5.41) is 10.4. The predicted octanol–water partition coefficient (Wildman–Crippen LogP) is 1.97. The molecular formula is C14H18N2O2. The molecule has 0 aliphatic carbocycles. The Balaban J connectivity index is 2.23. The molecule has 0 spiro atoms. The number of nitrogens with one attached hydrogen (secondary N) is 1. The fourth-order valence-electron chi connectivity index (χ4n) is 2.24. The van der Waals surface area contributed by atoms with Crippen molar-refractivity contribution < 1.29 is 9.90 Å². The Bertz CT molecular complexity index is 545. The Morgan fingerprint density at radius 3 is 2.78 bits per heavy atom. The van der Waals surface area contributed by atoms with E-state index in [1.165, 1.54) is 0 Å². The first-order chi connectivity index (χ1) is 8.58. The zero-order valence-corrected chi connectivity index (χ0v) is 10.7. The first-order valence-corrected chi connectivity index (χ1v) is 6.00. The number of aromatic amines is 1. The van der Waals surface area contributed by atoms with E-state index >= 15 is 0 Å². The van der Waals surface area contributed by atoms with Gasteiger partial charge in [-0.1, -0.05) is 18.2 Å². The van der Waals surface area contributed by atoms with E-state index in [1.807, 2.05) is 49.5 Å². The van der Waals surface area contributed by atoms with E-state index < -0.39 is 5.97 Å². The molecule has 1 aromatic heterocycles. The predicted molar refractivity (Wildman–Crippen MR) is 71.7 cm³/mol. The van der Waals surface area contributed by atoms with Crippen LogP contribution in [0.1, 0.15) is 5.56 Å². The first-order valence-electron chi connectivity index (χ1n) is 6.00. The van der Waals surface area contributed by atoms with Crippen molar-refractivity contribution >= 4 is 16.9 Å². The zero-order valence-electron chi connectivity index (χ0n) is 10.7. The minimum atomic E-state index is -0.742. The molecule has 4 nitrogen and oxygen atoms in total. The highest BCUT2D eigenvalue weighted by Gasteiger charge is 2.20. The van der Waals surface area contributed by atoms with Crippen LogP contribution in [0.25, 0.3) is 10.9 Å². The molecule has 0 bridgehead atoms. The van der Waals surface area contributed by atoms with Crippen molar-refractivity contribution in [2.45, 2.75) is 6.42 Å². The monoisotopic (exact) mass is 246 g/mol. The van der Waals surface area contributed by atoms with E-state index in [-0.39, 0.29) is 5.92 Å². The number of carboxylic acids is 1. The highest BCUT2D eigenvalue weighted by molar-refractivity contribution is 5.83. The fourth-order valence-corrected chi connectivity index (χ4v) is 2.24. The fraction of sp³-hybridized carbons (Fsp3) is 0.357. The Labute approximate surface area is 106 Å². The molecule has 18 heavy (non-hydrogen) atoms. The number of fused-ring (bicyclic) bond motifs is 1. The van der Waals surface area contributed by atoms with Crippen LogP contribution in [0.3, 0.4) is 0 Å². The van der Waals surface area contributed by atoms with Gasteiger partial charge in [0.15, 0.2) is 0 Å². The molecule has 0 aliphatic rings. The third-order valence-corrected chi connectivity index (χ3v) is 3.08. The SMILES string of the molecule is CN(C)CC(Cc1c[nH]c2ccccc12)C(=O)O. The van der Waals surface area contributed by atoms with Crippen LogP contribution in [0.15, 0.2) is 30.5 Å². The van der Waals surface area contributed by atoms with Gasteiger partial charge in [-0.2, -0.15) is 0 Å². The molecule has 96 valence electrons. The highest BCUT2D eigenvalue weighted by atomic mass is 16.4. The maximum absolute atomic E-state index is 11.3. The summed E-state index contributed by atoms with van der Waals surface area (Å²) in [4.78, 5) is 16.4. The number of nitrogens with zero attached hydrogens (tertiary/aromatic N) is 1. The lowest BCUT2D eigenvalue weighted by atomic mass is 9.98. The van der Waals surface area contributed by atoms with E-state index in [9.17, 15) is 9.90 Å². The molecular weight excluding hydrogens is 228 g/mol. The quantitative estimate of drug-likeness (QED) is 0.848. The molecule has 0 saturated carbocycles. The van der Waals surface area contributed by atoms with Crippen molar-refractivity contribution in [1.29, 1.82) is 0 Å². The van der Waals surface area contributed by atoms with Crippen molar-refractivity contribution in [3.63, 3.8) is 0 Å². The summed E-state index contributed by atoms with van der Waals surface area (Å²) < 4.78 is 0. The zero-order chi connectivity index (χ0) is 13.1. The van der Waals surface area contributed by atoms with Gasteiger partial charge < -0.3 is 15.0 Å². The van der Waals surface area contributed by atoms with Crippen LogP contribution in [0.4, 0.5) is 0 Å². The minimum Gasteiger partial charge on any atom is -0.481 e. The molecule has 0 radical (unpaired) electrons. The summed E-state index contributed by atoms with van der Waals surface area (Å²) in [5.41, 5.74) is 2.13. The van der Waals surface area contributed by atoms with Crippen molar-refractivity contribution in [3.8, 4) is 0 Å². The number of carboxylic acid groups (broad SMARTS) is 1. The van der Waals surface area contributed by atoms with Gasteiger partial charge in [0.1, 0.15) is 0 Å². The Kier molecular flexibility index (Phi) is 3.67. The number of aromatic nitrogens is 1. The van der Waals surface area contributed by atoms with Crippen LogP contribution < -0.4 is 0 Å². The normalized spacial score (nSPS) is 13.1. The van der Waals surface area contributed by atoms with Gasteiger partial charge in [0.2, 0.25) is 0 Å². The van der Waals surface area contributed by atoms with Crippen LogP contribution in [-0.4, -0.2) is 41.6 Å². The summed E-state index contributed by atoms with van der Waals surface area (Å²) in [6.07, 6.45) is 2.47. The average Bonchev–Trinajstić information content (AvgIpc) is 2.71. The molecule has 1 heterocycles. The molecule has 0 saturated heterocycles. The third kappa shape index (κ3) is 2.71. The Morgan fingerprint density at radius 1 is 1.39 bits per heavy atom. The molecule has 1 unspecified atom stereocenters. The lowest BCUT2D eigenvalue weighted by Gasteiger charge is -2.16. The van der Waals surface area contributed by atoms with Crippen molar-refractivity contribution in [3.05, 3.63) is 36.0 Å². The molecule has 4 heteroatoms. The summed E-state index contributed by atoms with van der Waals surface area (Å²) in [6, 6.07) is 7.97. The van der Waals surface area contributed by atoms with Crippen LogP contribution in [-0.2, 0) is 11.2 Å². The summed E-state index contributed by atoms with van der Waals surface area (Å²) >= 11 is 0. The average molecular weight is 246 g/mol. The van der Waals surface area contributed by atoms with E-state index in [0.29, 0.717) is 13.0 Å². The van der Waals surface area contributed by atoms with Gasteiger partial charge in [0, 0.05) is 23.6 Å². The van der Waals surface area contributed by atoms with Crippen LogP contribution in [0, 0.1) is 5.92 Å². The van der Waals surface area contributed by atoms with Crippen LogP contribution in [0.2, 0.25) is 0 Å². The van der Waals surface area contributed by atoms with E-state index in [2.05, 4.69) is 4.98 Å². The highest BCUT2D eigenvalue weighted by Crippen LogP contribution is 2.21. The van der Waals surface area contributed by atoms with Crippen molar-refractivity contribution in [2.75, 3.05) is 20.6 Å². The maximum atomic E-state index is 11.3. The van der Waals surface area contributed by atoms with Crippen molar-refractivity contribution in [1.82, 2.24) is 9.88 Å². The molecule has 0 fully saturated rings. The van der Waals surface area contributed by atoms with Gasteiger partial charge >= 0.3 is 5.97 Å². The van der Waals surface area contributed by atoms with Crippen LogP contribution >= 0.6 is 0 Å². The number of H-pyrrole nitrogens is 1. The van der Waals surface area contributed by atoms with Gasteiger partial charge in [-0.3, -0.25) is 4.79 Å². The lowest BCUT2D eigenvalue weighted by molar-refractivity contribution is -0.142. The molecule has 1 aromatic carbocycles. The second-order valence-corrected chi connectivity index (χ2v) is 4.86. The second kappa shape index (κ2) is 5.23. The van der Waals surface area contributed by atoms with Gasteiger partial charge in [-0.15, -0.1) is 0 Å². The summed E-state index contributed by atoms with van der Waals surface area (Å²) in [5.74, 6) is -1.12. The van der Waals surface area contributed by atoms with Gasteiger partial charge in [-0.25, -0.2) is 0 Å². The first kappa shape index (κ1) is 12.6. The largest absolute Gasteiger partial charge is 0.481 e. The van der Waals surface area contributed by atoms with Gasteiger partial charge in [-0.05, 0) is 32.1 Å². The standard InChI is InChI=1S/C14H18N2O2/c1-16(2)9-11(14(17)18)7-10-8-15-13-6-4-3-5-12(10)13/h3-6,8,11,15H,7,9H2,1-2H3,(H,17,18). The van der Waals surface area contributed by atoms with Gasteiger partial charge in [0.05, 0.1) is 5.92 Å². The maximum Gasteiger partial charge on any atom is 0.308 e. The number of para-hydroxylation sites is 1. The van der Waals surface area contributed by atoms with E-state index in [0.717, 1.165) is 16.5 Å². The molecule has 2 N–H and O–H groups in total. The van der Waals surface area contributed by atoms with E-state index in [4.69, 9.17) is 0 Å². The number of carbonyl (C=O) groups is 1. The molecule has 0 aliphatic heterocycles. The number of benzene rings is 1. The number of hydrogen-bond donors (Lipinski definition) is 2. The lowest BCUT2D eigenvalue weighted by Crippen LogP contribution is -2.29. The second-order valence-electron chi connectivity index (χ2n) is 4.86. The van der Waals surface area contributed by atoms with Crippen molar-refractivity contribution in [2.24, 2.45) is 5.92 Å². The topological polar surface area (TPSA) is 56.3 Å². The Morgan fingerprint density at radius 2 is 2.11 bits per heavy atom. The van der Waals surface area contributed by atoms with Crippen LogP contribution in [0.5, 0.6) is 0 Å². The molecule has 2 aromatic rings. The molecule has 0 amide bonds. The number of hydrogen-bond acceptors (Lipinski definition) is 2. The minimum absolute atomic E-state index is 0.376. The molecule has 1 atom stereocenters. The summed E-state index contributed by atoms with van der Waals surface area (Å²) in [7, 11) is 3.79. The van der Waals surface area contributed by atoms with E-state index in [1.54, 1.807) is 0 Å². The number of aliphatic carboxylic acids is 1. The number of rotatable bonds is 5. The van der Waals surface area contributed by atoms with Gasteiger partial charge in [0.25, 0.3) is 0 Å². The summed E-state index contributed by atoms with van der Waals surface area (Å²) in [6.45, 7) is 0.550. The Hall–Kier alpha value is -1.81. The smallest absolute Gasteiger partial charge is 0.308 e. The third-order valence-electron chi connectivity index (χ3n) is 3.08.